The van der Waals surface area contributed by atoms with E-state index in [4.69, 9.17) is 4.74 Å². The van der Waals surface area contributed by atoms with Gasteiger partial charge in [0.25, 0.3) is 5.88 Å². The number of anilines is 1. The van der Waals surface area contributed by atoms with Crippen molar-refractivity contribution in [1.29, 1.82) is 0 Å². The van der Waals surface area contributed by atoms with E-state index in [2.05, 4.69) is 15.3 Å². The van der Waals surface area contributed by atoms with Crippen LogP contribution in [0, 0.1) is 0 Å². The van der Waals surface area contributed by atoms with Crippen molar-refractivity contribution in [2.24, 2.45) is 0 Å². The zero-order chi connectivity index (χ0) is 16.4. The van der Waals surface area contributed by atoms with Crippen LogP contribution < -0.4 is 10.1 Å². The Labute approximate surface area is 134 Å². The number of amides is 1. The molecule has 118 valence electrons. The first-order valence-electron chi connectivity index (χ1n) is 7.41. The average molecular weight is 310 g/mol. The summed E-state index contributed by atoms with van der Waals surface area (Å²) >= 11 is 0. The van der Waals surface area contributed by atoms with E-state index in [1.807, 2.05) is 48.7 Å². The lowest BCUT2D eigenvalue weighted by Gasteiger charge is -2.09. The molecule has 3 rings (SSSR count). The highest BCUT2D eigenvalue weighted by Crippen LogP contribution is 2.25. The van der Waals surface area contributed by atoms with Gasteiger partial charge in [-0.1, -0.05) is 12.1 Å². The second-order valence-electron chi connectivity index (χ2n) is 5.49. The molecular formula is C17H18N4O2. The topological polar surface area (TPSA) is 68.5 Å². The summed E-state index contributed by atoms with van der Waals surface area (Å²) in [6.07, 6.45) is 5.37. The SMILES string of the molecule is CC(=O)Nc1ccc(-c2cnc3c(OC(C)C)nccn23)cc1. The fourth-order valence-corrected chi connectivity index (χ4v) is 2.34. The molecule has 0 bridgehead atoms. The van der Waals surface area contributed by atoms with Crippen molar-refractivity contribution < 1.29 is 9.53 Å². The Morgan fingerprint density at radius 2 is 1.96 bits per heavy atom. The molecule has 0 spiro atoms. The lowest BCUT2D eigenvalue weighted by molar-refractivity contribution is -0.114. The maximum atomic E-state index is 11.1. The third kappa shape index (κ3) is 3.15. The zero-order valence-corrected chi connectivity index (χ0v) is 13.3. The van der Waals surface area contributed by atoms with Gasteiger partial charge in [-0.2, -0.15) is 0 Å². The number of aromatic nitrogens is 3. The quantitative estimate of drug-likeness (QED) is 0.804. The van der Waals surface area contributed by atoms with Crippen LogP contribution in [-0.4, -0.2) is 26.4 Å². The van der Waals surface area contributed by atoms with Gasteiger partial charge in [0, 0.05) is 30.6 Å². The van der Waals surface area contributed by atoms with Crippen LogP contribution in [0.5, 0.6) is 5.88 Å². The molecule has 1 amide bonds. The summed E-state index contributed by atoms with van der Waals surface area (Å²) in [5.74, 6) is 0.428. The number of imidazole rings is 1. The normalized spacial score (nSPS) is 11.0. The lowest BCUT2D eigenvalue weighted by Crippen LogP contribution is -2.08. The number of rotatable bonds is 4. The number of hydrogen-bond acceptors (Lipinski definition) is 4. The van der Waals surface area contributed by atoms with E-state index in [0.717, 1.165) is 16.9 Å². The standard InChI is InChI=1S/C17H18N4O2/c1-11(2)23-17-16-19-10-15(21(16)9-8-18-17)13-4-6-14(7-5-13)20-12(3)22/h4-11H,1-3H3,(H,20,22). The molecule has 0 aliphatic heterocycles. The molecule has 2 heterocycles. The van der Waals surface area contributed by atoms with Gasteiger partial charge in [-0.3, -0.25) is 9.20 Å². The Bertz CT molecular complexity index is 837. The number of hydrogen-bond donors (Lipinski definition) is 1. The predicted molar refractivity (Wildman–Crippen MR) is 88.5 cm³/mol. The first-order valence-corrected chi connectivity index (χ1v) is 7.41. The molecule has 0 unspecified atom stereocenters. The molecule has 0 aliphatic carbocycles. The monoisotopic (exact) mass is 310 g/mol. The Morgan fingerprint density at radius 1 is 1.22 bits per heavy atom. The summed E-state index contributed by atoms with van der Waals surface area (Å²) < 4.78 is 7.64. The minimum absolute atomic E-state index is 0.0331. The Morgan fingerprint density at radius 3 is 2.61 bits per heavy atom. The third-order valence-corrected chi connectivity index (χ3v) is 3.24. The van der Waals surface area contributed by atoms with Crippen LogP contribution in [0.15, 0.2) is 42.9 Å². The van der Waals surface area contributed by atoms with Gasteiger partial charge < -0.3 is 10.1 Å². The van der Waals surface area contributed by atoms with Crippen LogP contribution in [-0.2, 0) is 4.79 Å². The van der Waals surface area contributed by atoms with E-state index < -0.39 is 0 Å². The molecule has 0 aliphatic rings. The van der Waals surface area contributed by atoms with Crippen molar-refractivity contribution in [3.05, 3.63) is 42.9 Å². The maximum absolute atomic E-state index is 11.1. The molecule has 0 radical (unpaired) electrons. The molecule has 6 heteroatoms. The van der Waals surface area contributed by atoms with Crippen LogP contribution in [0.4, 0.5) is 5.69 Å². The van der Waals surface area contributed by atoms with E-state index in [1.165, 1.54) is 6.92 Å². The number of fused-ring (bicyclic) bond motifs is 1. The molecule has 0 saturated heterocycles. The number of carbonyl (C=O) groups is 1. The van der Waals surface area contributed by atoms with Gasteiger partial charge in [-0.05, 0) is 26.0 Å². The molecule has 2 aromatic heterocycles. The average Bonchev–Trinajstić information content (AvgIpc) is 2.92. The number of carbonyl (C=O) groups excluding carboxylic acids is 1. The second kappa shape index (κ2) is 6.08. The summed E-state index contributed by atoms with van der Waals surface area (Å²) in [7, 11) is 0. The summed E-state index contributed by atoms with van der Waals surface area (Å²) in [4.78, 5) is 19.8. The molecule has 1 N–H and O–H groups in total. The van der Waals surface area contributed by atoms with Crippen molar-refractivity contribution in [3.8, 4) is 17.1 Å². The zero-order valence-electron chi connectivity index (χ0n) is 13.3. The van der Waals surface area contributed by atoms with Gasteiger partial charge in [-0.15, -0.1) is 0 Å². The number of nitrogens with zero attached hydrogens (tertiary/aromatic N) is 3. The molecule has 3 aromatic rings. The molecule has 0 atom stereocenters. The minimum Gasteiger partial charge on any atom is -0.472 e. The third-order valence-electron chi connectivity index (χ3n) is 3.24. The van der Waals surface area contributed by atoms with Gasteiger partial charge in [0.15, 0.2) is 0 Å². The summed E-state index contributed by atoms with van der Waals surface area (Å²) in [5.41, 5.74) is 3.38. The van der Waals surface area contributed by atoms with Crippen molar-refractivity contribution in [2.75, 3.05) is 5.32 Å². The van der Waals surface area contributed by atoms with Gasteiger partial charge >= 0.3 is 0 Å². The molecule has 0 fully saturated rings. The molecule has 6 nitrogen and oxygen atoms in total. The minimum atomic E-state index is -0.0888. The maximum Gasteiger partial charge on any atom is 0.258 e. The first kappa shape index (κ1) is 15.0. The van der Waals surface area contributed by atoms with E-state index in [-0.39, 0.29) is 12.0 Å². The summed E-state index contributed by atoms with van der Waals surface area (Å²) in [6.45, 7) is 5.40. The van der Waals surface area contributed by atoms with Crippen molar-refractivity contribution >= 4 is 17.2 Å². The van der Waals surface area contributed by atoms with Crippen LogP contribution >= 0.6 is 0 Å². The highest BCUT2D eigenvalue weighted by molar-refractivity contribution is 5.88. The largest absolute Gasteiger partial charge is 0.472 e. The van der Waals surface area contributed by atoms with Crippen LogP contribution in [0.3, 0.4) is 0 Å². The van der Waals surface area contributed by atoms with E-state index in [0.29, 0.717) is 11.5 Å². The second-order valence-corrected chi connectivity index (χ2v) is 5.49. The van der Waals surface area contributed by atoms with Crippen molar-refractivity contribution in [2.45, 2.75) is 26.9 Å². The lowest BCUT2D eigenvalue weighted by atomic mass is 10.1. The Balaban J connectivity index is 1.98. The predicted octanol–water partition coefficient (Wildman–Crippen LogP) is 3.14. The van der Waals surface area contributed by atoms with E-state index >= 15 is 0 Å². The van der Waals surface area contributed by atoms with E-state index in [9.17, 15) is 4.79 Å². The highest BCUT2D eigenvalue weighted by atomic mass is 16.5. The number of ether oxygens (including phenoxy) is 1. The van der Waals surface area contributed by atoms with Crippen LogP contribution in [0.1, 0.15) is 20.8 Å². The van der Waals surface area contributed by atoms with Crippen LogP contribution in [0.2, 0.25) is 0 Å². The van der Waals surface area contributed by atoms with Crippen molar-refractivity contribution in [1.82, 2.24) is 14.4 Å². The molecular weight excluding hydrogens is 292 g/mol. The smallest absolute Gasteiger partial charge is 0.258 e. The van der Waals surface area contributed by atoms with Gasteiger partial charge in [-0.25, -0.2) is 9.97 Å². The summed E-state index contributed by atoms with van der Waals surface area (Å²) in [6, 6.07) is 7.61. The molecule has 0 saturated carbocycles. The Kier molecular flexibility index (Phi) is 3.97. The van der Waals surface area contributed by atoms with Crippen molar-refractivity contribution in [3.63, 3.8) is 0 Å². The number of benzene rings is 1. The summed E-state index contributed by atoms with van der Waals surface area (Å²) in [5, 5.41) is 2.75. The van der Waals surface area contributed by atoms with Gasteiger partial charge in [0.05, 0.1) is 18.0 Å². The van der Waals surface area contributed by atoms with Gasteiger partial charge in [0.1, 0.15) is 0 Å². The van der Waals surface area contributed by atoms with Crippen LogP contribution in [0.25, 0.3) is 16.9 Å². The Hall–Kier alpha value is -2.89. The molecule has 1 aromatic carbocycles. The fourth-order valence-electron chi connectivity index (χ4n) is 2.34. The first-order chi connectivity index (χ1) is 11.0. The van der Waals surface area contributed by atoms with E-state index in [1.54, 1.807) is 12.4 Å². The molecule has 23 heavy (non-hydrogen) atoms. The number of nitrogens with one attached hydrogen (secondary N) is 1. The highest BCUT2D eigenvalue weighted by Gasteiger charge is 2.12. The van der Waals surface area contributed by atoms with Gasteiger partial charge in [0.2, 0.25) is 11.6 Å². The fraction of sp³-hybridized carbons (Fsp3) is 0.235.